The van der Waals surface area contributed by atoms with Crippen LogP contribution in [0.4, 0.5) is 0 Å². The Labute approximate surface area is 119 Å². The van der Waals surface area contributed by atoms with Crippen molar-refractivity contribution in [3.8, 4) is 0 Å². The fourth-order valence-electron chi connectivity index (χ4n) is 3.50. The second-order valence-corrected chi connectivity index (χ2v) is 6.83. The van der Waals surface area contributed by atoms with Crippen LogP contribution in [0, 0.1) is 17.3 Å². The standard InChI is InChI=1S/C17H32O2/c1-4-5-6-7-8-11-17(16(18)19)12-9-15(10-13-17)14(2)3/h14-15H,4-13H2,1-3H3,(H,18,19). The van der Waals surface area contributed by atoms with Gasteiger partial charge in [-0.2, -0.15) is 0 Å². The van der Waals surface area contributed by atoms with Gasteiger partial charge in [-0.3, -0.25) is 4.79 Å². The number of hydrogen-bond donors (Lipinski definition) is 1. The number of carboxylic acid groups (broad SMARTS) is 1. The van der Waals surface area contributed by atoms with E-state index < -0.39 is 11.4 Å². The van der Waals surface area contributed by atoms with Gasteiger partial charge in [0.15, 0.2) is 0 Å². The minimum Gasteiger partial charge on any atom is -0.481 e. The molecule has 2 nitrogen and oxygen atoms in total. The van der Waals surface area contributed by atoms with Crippen molar-refractivity contribution in [1.82, 2.24) is 0 Å². The van der Waals surface area contributed by atoms with Crippen molar-refractivity contribution >= 4 is 5.97 Å². The molecule has 0 heterocycles. The van der Waals surface area contributed by atoms with E-state index in [1.165, 1.54) is 25.7 Å². The first kappa shape index (κ1) is 16.5. The zero-order chi connectivity index (χ0) is 14.3. The van der Waals surface area contributed by atoms with Crippen LogP contribution in [0.15, 0.2) is 0 Å². The maximum absolute atomic E-state index is 11.7. The average Bonchev–Trinajstić information content (AvgIpc) is 2.38. The van der Waals surface area contributed by atoms with Crippen LogP contribution in [0.3, 0.4) is 0 Å². The first-order valence-electron chi connectivity index (χ1n) is 8.25. The van der Waals surface area contributed by atoms with E-state index in [9.17, 15) is 9.90 Å². The van der Waals surface area contributed by atoms with Crippen LogP contribution in [0.25, 0.3) is 0 Å². The molecule has 0 saturated heterocycles. The van der Waals surface area contributed by atoms with Crippen molar-refractivity contribution in [3.63, 3.8) is 0 Å². The van der Waals surface area contributed by atoms with Crippen LogP contribution in [0.5, 0.6) is 0 Å². The molecule has 1 saturated carbocycles. The Balaban J connectivity index is 2.42. The summed E-state index contributed by atoms with van der Waals surface area (Å²) in [5.74, 6) is 0.911. The zero-order valence-corrected chi connectivity index (χ0v) is 13.1. The highest BCUT2D eigenvalue weighted by atomic mass is 16.4. The fraction of sp³-hybridized carbons (Fsp3) is 0.941. The highest BCUT2D eigenvalue weighted by molar-refractivity contribution is 5.74. The van der Waals surface area contributed by atoms with Crippen LogP contribution >= 0.6 is 0 Å². The summed E-state index contributed by atoms with van der Waals surface area (Å²) in [6.45, 7) is 6.75. The van der Waals surface area contributed by atoms with Gasteiger partial charge in [-0.25, -0.2) is 0 Å². The molecule has 0 spiro atoms. The third-order valence-electron chi connectivity index (χ3n) is 5.14. The predicted octanol–water partition coefficient (Wildman–Crippen LogP) is 5.26. The summed E-state index contributed by atoms with van der Waals surface area (Å²) in [5.41, 5.74) is -0.391. The van der Waals surface area contributed by atoms with Gasteiger partial charge in [-0.15, -0.1) is 0 Å². The maximum atomic E-state index is 11.7. The van der Waals surface area contributed by atoms with Gasteiger partial charge in [-0.05, 0) is 43.9 Å². The Hall–Kier alpha value is -0.530. The molecular formula is C17H32O2. The summed E-state index contributed by atoms with van der Waals surface area (Å²) in [5, 5.41) is 9.62. The van der Waals surface area contributed by atoms with E-state index >= 15 is 0 Å². The van der Waals surface area contributed by atoms with Crippen molar-refractivity contribution in [2.24, 2.45) is 17.3 Å². The normalized spacial score (nSPS) is 27.7. The Morgan fingerprint density at radius 2 is 1.74 bits per heavy atom. The molecule has 0 aromatic rings. The largest absolute Gasteiger partial charge is 0.481 e. The molecule has 1 fully saturated rings. The zero-order valence-electron chi connectivity index (χ0n) is 13.1. The lowest BCUT2D eigenvalue weighted by Crippen LogP contribution is -2.36. The molecule has 0 aromatic heterocycles. The molecule has 0 unspecified atom stereocenters. The van der Waals surface area contributed by atoms with Crippen LogP contribution in [0.2, 0.25) is 0 Å². The topological polar surface area (TPSA) is 37.3 Å². The number of unbranched alkanes of at least 4 members (excludes halogenated alkanes) is 4. The molecular weight excluding hydrogens is 236 g/mol. The van der Waals surface area contributed by atoms with Crippen LogP contribution in [0.1, 0.15) is 85.0 Å². The summed E-state index contributed by atoms with van der Waals surface area (Å²) >= 11 is 0. The molecule has 19 heavy (non-hydrogen) atoms. The van der Waals surface area contributed by atoms with E-state index in [2.05, 4.69) is 20.8 Å². The van der Waals surface area contributed by atoms with Gasteiger partial charge in [0.25, 0.3) is 0 Å². The van der Waals surface area contributed by atoms with Crippen molar-refractivity contribution in [3.05, 3.63) is 0 Å². The van der Waals surface area contributed by atoms with E-state index in [-0.39, 0.29) is 0 Å². The number of hydrogen-bond acceptors (Lipinski definition) is 1. The summed E-state index contributed by atoms with van der Waals surface area (Å²) in [6.07, 6.45) is 11.0. The average molecular weight is 268 g/mol. The van der Waals surface area contributed by atoms with E-state index in [0.29, 0.717) is 5.92 Å². The first-order valence-corrected chi connectivity index (χ1v) is 8.25. The summed E-state index contributed by atoms with van der Waals surface area (Å²) < 4.78 is 0. The molecule has 0 atom stereocenters. The van der Waals surface area contributed by atoms with Gasteiger partial charge in [0.05, 0.1) is 5.41 Å². The Morgan fingerprint density at radius 1 is 1.16 bits per heavy atom. The Kier molecular flexibility index (Phi) is 6.88. The molecule has 2 heteroatoms. The van der Waals surface area contributed by atoms with Crippen molar-refractivity contribution in [1.29, 1.82) is 0 Å². The summed E-state index contributed by atoms with van der Waals surface area (Å²) in [6, 6.07) is 0. The van der Waals surface area contributed by atoms with E-state index in [1.807, 2.05) is 0 Å². The third-order valence-corrected chi connectivity index (χ3v) is 5.14. The van der Waals surface area contributed by atoms with Crippen LogP contribution in [-0.4, -0.2) is 11.1 Å². The lowest BCUT2D eigenvalue weighted by molar-refractivity contribution is -0.152. The molecule has 1 aliphatic rings. The minimum absolute atomic E-state index is 0.391. The van der Waals surface area contributed by atoms with Crippen molar-refractivity contribution < 1.29 is 9.90 Å². The van der Waals surface area contributed by atoms with E-state index in [4.69, 9.17) is 0 Å². The first-order chi connectivity index (χ1) is 9.02. The van der Waals surface area contributed by atoms with Crippen molar-refractivity contribution in [2.45, 2.75) is 85.0 Å². The molecule has 112 valence electrons. The highest BCUT2D eigenvalue weighted by Gasteiger charge is 2.41. The molecule has 1 N–H and O–H groups in total. The Morgan fingerprint density at radius 3 is 2.21 bits per heavy atom. The van der Waals surface area contributed by atoms with Gasteiger partial charge >= 0.3 is 5.97 Å². The van der Waals surface area contributed by atoms with Gasteiger partial charge in [0.2, 0.25) is 0 Å². The number of carbonyl (C=O) groups is 1. The number of carboxylic acids is 1. The monoisotopic (exact) mass is 268 g/mol. The molecule has 1 rings (SSSR count). The van der Waals surface area contributed by atoms with Gasteiger partial charge in [-0.1, -0.05) is 52.9 Å². The quantitative estimate of drug-likeness (QED) is 0.609. The van der Waals surface area contributed by atoms with Gasteiger partial charge in [0.1, 0.15) is 0 Å². The predicted molar refractivity (Wildman–Crippen MR) is 80.2 cm³/mol. The lowest BCUT2D eigenvalue weighted by Gasteiger charge is -2.38. The fourth-order valence-corrected chi connectivity index (χ4v) is 3.50. The molecule has 0 aromatic carbocycles. The second-order valence-electron chi connectivity index (χ2n) is 6.83. The highest BCUT2D eigenvalue weighted by Crippen LogP contribution is 2.45. The SMILES string of the molecule is CCCCCCCC1(C(=O)O)CCC(C(C)C)CC1. The molecule has 0 aliphatic heterocycles. The van der Waals surface area contributed by atoms with Gasteiger partial charge in [0, 0.05) is 0 Å². The third kappa shape index (κ3) is 4.81. The smallest absolute Gasteiger partial charge is 0.309 e. The summed E-state index contributed by atoms with van der Waals surface area (Å²) in [4.78, 5) is 11.7. The molecule has 1 aliphatic carbocycles. The molecule has 0 radical (unpaired) electrons. The lowest BCUT2D eigenvalue weighted by atomic mass is 9.66. The van der Waals surface area contributed by atoms with Crippen molar-refractivity contribution in [2.75, 3.05) is 0 Å². The minimum atomic E-state index is -0.537. The molecule has 0 bridgehead atoms. The summed E-state index contributed by atoms with van der Waals surface area (Å²) in [7, 11) is 0. The van der Waals surface area contributed by atoms with Gasteiger partial charge < -0.3 is 5.11 Å². The van der Waals surface area contributed by atoms with E-state index in [0.717, 1.165) is 44.4 Å². The van der Waals surface area contributed by atoms with E-state index in [1.54, 1.807) is 0 Å². The Bertz CT molecular complexity index is 262. The van der Waals surface area contributed by atoms with Crippen LogP contribution in [-0.2, 0) is 4.79 Å². The number of rotatable bonds is 8. The molecule has 0 amide bonds. The van der Waals surface area contributed by atoms with Crippen LogP contribution < -0.4 is 0 Å². The number of aliphatic carboxylic acids is 1. The maximum Gasteiger partial charge on any atom is 0.309 e. The second kappa shape index (κ2) is 7.91.